The Hall–Kier alpha value is -4.05. The number of rotatable bonds is 7. The van der Waals surface area contributed by atoms with E-state index in [1.54, 1.807) is 38.1 Å². The van der Waals surface area contributed by atoms with E-state index in [4.69, 9.17) is 9.47 Å². The van der Waals surface area contributed by atoms with Gasteiger partial charge >= 0.3 is 11.7 Å². The first-order valence-electron chi connectivity index (χ1n) is 11.5. The number of H-pyrrole nitrogens is 1. The maximum absolute atomic E-state index is 14.7. The van der Waals surface area contributed by atoms with Gasteiger partial charge in [0, 0.05) is 18.5 Å². The quantitative estimate of drug-likeness (QED) is 0.486. The molecular formula is C26H26FN3O6. The molecule has 1 unspecified atom stereocenters. The predicted molar refractivity (Wildman–Crippen MR) is 130 cm³/mol. The number of hydrogen-bond donors (Lipinski definition) is 2. The van der Waals surface area contributed by atoms with E-state index in [0.717, 1.165) is 21.9 Å². The van der Waals surface area contributed by atoms with Crippen LogP contribution in [0.5, 0.6) is 0 Å². The van der Waals surface area contributed by atoms with Crippen LogP contribution in [0, 0.1) is 5.92 Å². The first-order chi connectivity index (χ1) is 17.2. The zero-order chi connectivity index (χ0) is 25.8. The molecule has 0 bridgehead atoms. The van der Waals surface area contributed by atoms with E-state index in [1.807, 2.05) is 30.3 Å². The lowest BCUT2D eigenvalue weighted by Crippen LogP contribution is -2.35. The molecule has 0 radical (unpaired) electrons. The Labute approximate surface area is 205 Å². The number of aromatic amines is 1. The van der Waals surface area contributed by atoms with Crippen molar-refractivity contribution in [1.82, 2.24) is 9.55 Å². The summed E-state index contributed by atoms with van der Waals surface area (Å²) in [6.45, 7) is 2.94. The third-order valence-electron chi connectivity index (χ3n) is 5.83. The third-order valence-corrected chi connectivity index (χ3v) is 5.83. The van der Waals surface area contributed by atoms with Crippen molar-refractivity contribution in [2.45, 2.75) is 38.8 Å². The van der Waals surface area contributed by atoms with Crippen LogP contribution in [0.15, 0.2) is 70.4 Å². The number of hydrogen-bond acceptors (Lipinski definition) is 6. The summed E-state index contributed by atoms with van der Waals surface area (Å²) in [4.78, 5) is 50.9. The minimum Gasteiger partial charge on any atom is -0.459 e. The van der Waals surface area contributed by atoms with Crippen molar-refractivity contribution in [3.05, 3.63) is 87.2 Å². The second kappa shape index (κ2) is 10.7. The molecule has 36 heavy (non-hydrogen) atoms. The molecule has 3 aromatic rings. The Morgan fingerprint density at radius 1 is 1.11 bits per heavy atom. The van der Waals surface area contributed by atoms with Crippen molar-refractivity contribution in [1.29, 1.82) is 0 Å². The van der Waals surface area contributed by atoms with Crippen LogP contribution in [0.2, 0.25) is 0 Å². The van der Waals surface area contributed by atoms with E-state index in [1.165, 1.54) is 0 Å². The van der Waals surface area contributed by atoms with Crippen molar-refractivity contribution in [3.8, 4) is 11.1 Å². The summed E-state index contributed by atoms with van der Waals surface area (Å²) in [6.07, 6.45) is -2.74. The van der Waals surface area contributed by atoms with Gasteiger partial charge < -0.3 is 14.8 Å². The fourth-order valence-corrected chi connectivity index (χ4v) is 3.75. The molecule has 2 heterocycles. The van der Waals surface area contributed by atoms with Crippen molar-refractivity contribution in [3.63, 3.8) is 0 Å². The molecule has 2 aromatic carbocycles. The average Bonchev–Trinajstić information content (AvgIpc) is 3.24. The number of esters is 1. The van der Waals surface area contributed by atoms with Gasteiger partial charge in [0.25, 0.3) is 5.56 Å². The molecule has 1 aliphatic rings. The lowest BCUT2D eigenvalue weighted by Gasteiger charge is -2.17. The number of aromatic nitrogens is 2. The molecule has 0 saturated carbocycles. The molecule has 1 amide bonds. The Morgan fingerprint density at radius 2 is 1.78 bits per heavy atom. The van der Waals surface area contributed by atoms with E-state index in [9.17, 15) is 23.6 Å². The number of ether oxygens (including phenoxy) is 2. The van der Waals surface area contributed by atoms with Crippen LogP contribution in [0.1, 0.15) is 36.9 Å². The zero-order valence-electron chi connectivity index (χ0n) is 19.8. The number of nitrogens with zero attached hydrogens (tertiary/aromatic N) is 1. The highest BCUT2D eigenvalue weighted by Gasteiger charge is 2.38. The van der Waals surface area contributed by atoms with Crippen LogP contribution < -0.4 is 16.6 Å². The van der Waals surface area contributed by atoms with Crippen LogP contribution in [0.25, 0.3) is 11.1 Å². The maximum Gasteiger partial charge on any atom is 0.338 e. The summed E-state index contributed by atoms with van der Waals surface area (Å²) in [5.74, 6) is -1.44. The lowest BCUT2D eigenvalue weighted by molar-refractivity contribution is -0.118. The molecular weight excluding hydrogens is 469 g/mol. The first kappa shape index (κ1) is 25.1. The van der Waals surface area contributed by atoms with Gasteiger partial charge in [-0.3, -0.25) is 19.1 Å². The minimum absolute atomic E-state index is 0.152. The van der Waals surface area contributed by atoms with Crippen LogP contribution in [0.4, 0.5) is 10.1 Å². The Balaban J connectivity index is 1.39. The summed E-state index contributed by atoms with van der Waals surface area (Å²) in [6, 6.07) is 16.5. The highest BCUT2D eigenvalue weighted by Crippen LogP contribution is 2.30. The Morgan fingerprint density at radius 3 is 2.44 bits per heavy atom. The van der Waals surface area contributed by atoms with Crippen LogP contribution in [-0.2, 0) is 14.3 Å². The molecule has 3 atom stereocenters. The number of alkyl halides is 1. The van der Waals surface area contributed by atoms with Gasteiger partial charge in [-0.15, -0.1) is 0 Å². The molecule has 2 N–H and O–H groups in total. The normalized spacial score (nSPS) is 19.3. The number of carbonyl (C=O) groups excluding carboxylic acids is 2. The van der Waals surface area contributed by atoms with E-state index in [-0.39, 0.29) is 18.7 Å². The van der Waals surface area contributed by atoms with Gasteiger partial charge in [-0.2, -0.15) is 0 Å². The third kappa shape index (κ3) is 5.60. The molecule has 10 heteroatoms. The zero-order valence-corrected chi connectivity index (χ0v) is 19.8. The van der Waals surface area contributed by atoms with Gasteiger partial charge in [-0.05, 0) is 23.3 Å². The molecule has 4 rings (SSSR count). The standard InChI is InChI=1S/C26H26FN3O6/c1-15(2)23(31)28-20-13-30(26(34)29-24(20)32)22-12-19(27)21(36-22)14-35-25(33)18-10-8-17(9-11-18)16-6-4-3-5-7-16/h3-11,13,15,19,21-22H,12,14H2,1-2H3,(H,28,31)(H,29,32,34)/t19-,21+,22?/m0/s1. The molecule has 1 saturated heterocycles. The van der Waals surface area contributed by atoms with Gasteiger partial charge in [0.05, 0.1) is 5.56 Å². The van der Waals surface area contributed by atoms with E-state index in [0.29, 0.717) is 5.56 Å². The topological polar surface area (TPSA) is 119 Å². The lowest BCUT2D eigenvalue weighted by atomic mass is 10.0. The van der Waals surface area contributed by atoms with E-state index >= 15 is 0 Å². The van der Waals surface area contributed by atoms with Gasteiger partial charge in [-0.25, -0.2) is 14.0 Å². The van der Waals surface area contributed by atoms with Crippen LogP contribution in [0.3, 0.4) is 0 Å². The summed E-state index contributed by atoms with van der Waals surface area (Å²) >= 11 is 0. The van der Waals surface area contributed by atoms with Crippen molar-refractivity contribution in [2.24, 2.45) is 5.92 Å². The molecule has 1 fully saturated rings. The summed E-state index contributed by atoms with van der Waals surface area (Å²) in [5.41, 5.74) is 0.517. The molecule has 9 nitrogen and oxygen atoms in total. The van der Waals surface area contributed by atoms with E-state index in [2.05, 4.69) is 10.3 Å². The number of carbonyl (C=O) groups is 2. The van der Waals surface area contributed by atoms with Crippen molar-refractivity contribution in [2.75, 3.05) is 11.9 Å². The van der Waals surface area contributed by atoms with Gasteiger partial charge in [-0.1, -0.05) is 56.3 Å². The van der Waals surface area contributed by atoms with Gasteiger partial charge in [0.15, 0.2) is 0 Å². The summed E-state index contributed by atoms with van der Waals surface area (Å²) < 4.78 is 26.6. The highest BCUT2D eigenvalue weighted by atomic mass is 19.1. The monoisotopic (exact) mass is 495 g/mol. The molecule has 188 valence electrons. The number of amides is 1. The van der Waals surface area contributed by atoms with Crippen LogP contribution >= 0.6 is 0 Å². The predicted octanol–water partition coefficient (Wildman–Crippen LogP) is 3.28. The SMILES string of the molecule is CC(C)C(=O)Nc1cn(C2C[C@H](F)[C@@H](COC(=O)c3ccc(-c4ccccc4)cc3)O2)c(=O)[nH]c1=O. The molecule has 0 spiro atoms. The molecule has 1 aliphatic heterocycles. The smallest absolute Gasteiger partial charge is 0.338 e. The number of anilines is 1. The fraction of sp³-hybridized carbons (Fsp3) is 0.308. The van der Waals surface area contributed by atoms with E-state index < -0.39 is 47.5 Å². The number of benzene rings is 2. The van der Waals surface area contributed by atoms with Crippen molar-refractivity contribution >= 4 is 17.6 Å². The molecule has 0 aliphatic carbocycles. The fourth-order valence-electron chi connectivity index (χ4n) is 3.75. The summed E-state index contributed by atoms with van der Waals surface area (Å²) in [7, 11) is 0. The molecule has 1 aromatic heterocycles. The van der Waals surface area contributed by atoms with Gasteiger partial charge in [0.1, 0.15) is 30.8 Å². The van der Waals surface area contributed by atoms with Crippen LogP contribution in [-0.4, -0.2) is 40.3 Å². The Kier molecular flexibility index (Phi) is 7.44. The first-order valence-corrected chi connectivity index (χ1v) is 11.5. The number of nitrogens with one attached hydrogen (secondary N) is 2. The Bertz CT molecular complexity index is 1350. The second-order valence-electron chi connectivity index (χ2n) is 8.78. The largest absolute Gasteiger partial charge is 0.459 e. The van der Waals surface area contributed by atoms with Crippen molar-refractivity contribution < 1.29 is 23.5 Å². The second-order valence-corrected chi connectivity index (χ2v) is 8.78. The average molecular weight is 496 g/mol. The van der Waals surface area contributed by atoms with Gasteiger partial charge in [0.2, 0.25) is 5.91 Å². The summed E-state index contributed by atoms with van der Waals surface area (Å²) in [5, 5.41) is 2.43. The highest BCUT2D eigenvalue weighted by molar-refractivity contribution is 5.91. The minimum atomic E-state index is -1.52. The number of halogens is 1. The maximum atomic E-state index is 14.7.